The van der Waals surface area contributed by atoms with E-state index in [9.17, 15) is 13.2 Å². The van der Waals surface area contributed by atoms with Crippen LogP contribution in [-0.4, -0.2) is 44.3 Å². The van der Waals surface area contributed by atoms with Crippen molar-refractivity contribution in [1.29, 1.82) is 0 Å². The summed E-state index contributed by atoms with van der Waals surface area (Å²) in [5.41, 5.74) is 1.02. The molecule has 19 heavy (non-hydrogen) atoms. The van der Waals surface area contributed by atoms with Gasteiger partial charge in [-0.15, -0.1) is 0 Å². The molecule has 1 heterocycles. The van der Waals surface area contributed by atoms with Gasteiger partial charge in [-0.1, -0.05) is 30.3 Å². The van der Waals surface area contributed by atoms with Crippen molar-refractivity contribution < 1.29 is 13.2 Å². The van der Waals surface area contributed by atoms with Gasteiger partial charge >= 0.3 is 0 Å². The Morgan fingerprint density at radius 1 is 1.32 bits per heavy atom. The summed E-state index contributed by atoms with van der Waals surface area (Å²) in [4.78, 5) is 13.5. The highest BCUT2D eigenvalue weighted by atomic mass is 32.2. The van der Waals surface area contributed by atoms with Crippen LogP contribution in [0.3, 0.4) is 0 Å². The molecule has 1 aliphatic rings. The predicted octanol–water partition coefficient (Wildman–Crippen LogP) is 0.552. The third-order valence-corrected chi connectivity index (χ3v) is 4.14. The molecule has 1 unspecified atom stereocenters. The molecule has 0 radical (unpaired) electrons. The second-order valence-electron chi connectivity index (χ2n) is 4.76. The van der Waals surface area contributed by atoms with E-state index in [2.05, 4.69) is 5.32 Å². The standard InChI is InChI=1S/C13H18N2O3S/c1-19(17,18)9-5-8-15-12(16)10-14-13(15)11-6-3-2-4-7-11/h2-4,6-7,13-14H,5,8-10H2,1H3. The molecule has 0 spiro atoms. The number of hydrogen-bond acceptors (Lipinski definition) is 4. The smallest absolute Gasteiger partial charge is 0.238 e. The van der Waals surface area contributed by atoms with Crippen molar-refractivity contribution in [2.45, 2.75) is 12.6 Å². The minimum Gasteiger partial charge on any atom is -0.322 e. The van der Waals surface area contributed by atoms with E-state index < -0.39 is 9.84 Å². The van der Waals surface area contributed by atoms with Crippen LogP contribution in [0.2, 0.25) is 0 Å². The summed E-state index contributed by atoms with van der Waals surface area (Å²) in [5.74, 6) is 0.125. The number of nitrogens with zero attached hydrogens (tertiary/aromatic N) is 1. The van der Waals surface area contributed by atoms with Gasteiger partial charge in [-0.05, 0) is 12.0 Å². The molecule has 1 aliphatic heterocycles. The van der Waals surface area contributed by atoms with Gasteiger partial charge in [-0.25, -0.2) is 8.42 Å². The van der Waals surface area contributed by atoms with Gasteiger partial charge in [0, 0.05) is 12.8 Å². The SMILES string of the molecule is CS(=O)(=O)CCCN1C(=O)CNC1c1ccccc1. The molecule has 1 atom stereocenters. The maximum absolute atomic E-state index is 11.8. The third kappa shape index (κ3) is 3.78. The van der Waals surface area contributed by atoms with Crippen LogP contribution in [0.5, 0.6) is 0 Å². The maximum atomic E-state index is 11.8. The molecular weight excluding hydrogens is 264 g/mol. The molecule has 1 amide bonds. The lowest BCUT2D eigenvalue weighted by atomic mass is 10.1. The summed E-state index contributed by atoms with van der Waals surface area (Å²) in [5, 5.41) is 3.15. The fourth-order valence-electron chi connectivity index (χ4n) is 2.22. The van der Waals surface area contributed by atoms with E-state index in [0.29, 0.717) is 19.5 Å². The minimum absolute atomic E-state index is 0.0161. The number of carbonyl (C=O) groups is 1. The molecule has 1 saturated heterocycles. The number of sulfone groups is 1. The van der Waals surface area contributed by atoms with Crippen LogP contribution in [0, 0.1) is 0 Å². The first-order valence-corrected chi connectivity index (χ1v) is 8.29. The zero-order valence-electron chi connectivity index (χ0n) is 10.9. The lowest BCUT2D eigenvalue weighted by Crippen LogP contribution is -2.32. The predicted molar refractivity (Wildman–Crippen MR) is 73.2 cm³/mol. The second kappa shape index (κ2) is 5.71. The van der Waals surface area contributed by atoms with E-state index >= 15 is 0 Å². The number of hydrogen-bond donors (Lipinski definition) is 1. The van der Waals surface area contributed by atoms with E-state index in [0.717, 1.165) is 5.56 Å². The summed E-state index contributed by atoms with van der Waals surface area (Å²) >= 11 is 0. The van der Waals surface area contributed by atoms with Crippen molar-refractivity contribution in [3.05, 3.63) is 35.9 Å². The van der Waals surface area contributed by atoms with Crippen molar-refractivity contribution in [3.8, 4) is 0 Å². The van der Waals surface area contributed by atoms with Crippen molar-refractivity contribution in [2.24, 2.45) is 0 Å². The average Bonchev–Trinajstić information content (AvgIpc) is 2.71. The lowest BCUT2D eigenvalue weighted by molar-refractivity contribution is -0.128. The molecule has 1 aromatic carbocycles. The summed E-state index contributed by atoms with van der Waals surface area (Å²) in [6.45, 7) is 0.761. The summed E-state index contributed by atoms with van der Waals surface area (Å²) in [7, 11) is -2.97. The van der Waals surface area contributed by atoms with E-state index in [-0.39, 0.29) is 17.8 Å². The first kappa shape index (κ1) is 14.0. The Morgan fingerprint density at radius 3 is 2.63 bits per heavy atom. The Bertz CT molecular complexity index is 542. The minimum atomic E-state index is -2.97. The van der Waals surface area contributed by atoms with E-state index in [1.807, 2.05) is 30.3 Å². The molecule has 0 bridgehead atoms. The highest BCUT2D eigenvalue weighted by molar-refractivity contribution is 7.90. The van der Waals surface area contributed by atoms with Crippen molar-refractivity contribution >= 4 is 15.7 Å². The van der Waals surface area contributed by atoms with Gasteiger partial charge in [-0.2, -0.15) is 0 Å². The van der Waals surface area contributed by atoms with Gasteiger partial charge in [0.2, 0.25) is 5.91 Å². The third-order valence-electron chi connectivity index (χ3n) is 3.11. The Labute approximate surface area is 113 Å². The molecule has 1 aromatic rings. The number of amides is 1. The largest absolute Gasteiger partial charge is 0.322 e. The Kier molecular flexibility index (Phi) is 4.21. The highest BCUT2D eigenvalue weighted by Crippen LogP contribution is 2.22. The zero-order chi connectivity index (χ0) is 13.9. The molecule has 2 rings (SSSR count). The highest BCUT2D eigenvalue weighted by Gasteiger charge is 2.30. The van der Waals surface area contributed by atoms with Crippen LogP contribution in [0.15, 0.2) is 30.3 Å². The van der Waals surface area contributed by atoms with E-state index in [1.54, 1.807) is 4.90 Å². The first-order chi connectivity index (χ1) is 8.97. The number of benzene rings is 1. The van der Waals surface area contributed by atoms with Crippen molar-refractivity contribution in [2.75, 3.05) is 25.1 Å². The van der Waals surface area contributed by atoms with Crippen LogP contribution in [-0.2, 0) is 14.6 Å². The molecular formula is C13H18N2O3S. The molecule has 0 saturated carbocycles. The number of nitrogens with one attached hydrogen (secondary N) is 1. The lowest BCUT2D eigenvalue weighted by Gasteiger charge is -2.24. The van der Waals surface area contributed by atoms with Crippen LogP contribution in [0.1, 0.15) is 18.2 Å². The van der Waals surface area contributed by atoms with Gasteiger partial charge < -0.3 is 4.90 Å². The molecule has 1 fully saturated rings. The van der Waals surface area contributed by atoms with Gasteiger partial charge in [0.15, 0.2) is 0 Å². The quantitative estimate of drug-likeness (QED) is 0.856. The van der Waals surface area contributed by atoms with Crippen LogP contribution >= 0.6 is 0 Å². The maximum Gasteiger partial charge on any atom is 0.238 e. The zero-order valence-corrected chi connectivity index (χ0v) is 11.7. The summed E-state index contributed by atoms with van der Waals surface area (Å²) in [6, 6.07) is 9.69. The van der Waals surface area contributed by atoms with Gasteiger partial charge in [-0.3, -0.25) is 10.1 Å². The second-order valence-corrected chi connectivity index (χ2v) is 7.02. The molecule has 0 aliphatic carbocycles. The molecule has 6 heteroatoms. The molecule has 104 valence electrons. The molecule has 0 aromatic heterocycles. The Hall–Kier alpha value is -1.40. The van der Waals surface area contributed by atoms with E-state index in [4.69, 9.17) is 0 Å². The topological polar surface area (TPSA) is 66.5 Å². The van der Waals surface area contributed by atoms with Gasteiger partial charge in [0.1, 0.15) is 16.0 Å². The van der Waals surface area contributed by atoms with Gasteiger partial charge in [0.25, 0.3) is 0 Å². The average molecular weight is 282 g/mol. The fraction of sp³-hybridized carbons (Fsp3) is 0.462. The monoisotopic (exact) mass is 282 g/mol. The Balaban J connectivity index is 2.02. The van der Waals surface area contributed by atoms with Gasteiger partial charge in [0.05, 0.1) is 12.3 Å². The first-order valence-electron chi connectivity index (χ1n) is 6.23. The normalized spacial score (nSPS) is 19.9. The van der Waals surface area contributed by atoms with Crippen LogP contribution in [0.4, 0.5) is 0 Å². The van der Waals surface area contributed by atoms with Crippen LogP contribution < -0.4 is 5.32 Å². The number of rotatable bonds is 5. The summed E-state index contributed by atoms with van der Waals surface area (Å²) in [6.07, 6.45) is 1.54. The fourth-order valence-corrected chi connectivity index (χ4v) is 2.88. The van der Waals surface area contributed by atoms with E-state index in [1.165, 1.54) is 6.26 Å². The summed E-state index contributed by atoms with van der Waals surface area (Å²) < 4.78 is 22.2. The molecule has 5 nitrogen and oxygen atoms in total. The molecule has 1 N–H and O–H groups in total. The Morgan fingerprint density at radius 2 is 2.00 bits per heavy atom. The van der Waals surface area contributed by atoms with Crippen LogP contribution in [0.25, 0.3) is 0 Å². The van der Waals surface area contributed by atoms with Crippen molar-refractivity contribution in [3.63, 3.8) is 0 Å². The van der Waals surface area contributed by atoms with Crippen molar-refractivity contribution in [1.82, 2.24) is 10.2 Å². The number of carbonyl (C=O) groups excluding carboxylic acids is 1.